The molecule has 1 fully saturated rings. The SMILES string of the molecule is Cc1nn(CCCNC(=O)CCn2nc(C(F)(F)F)cc2C2CC2)cc1Cl. The Labute approximate surface area is 159 Å². The van der Waals surface area contributed by atoms with E-state index in [1.165, 1.54) is 4.68 Å². The van der Waals surface area contributed by atoms with Gasteiger partial charge >= 0.3 is 6.18 Å². The minimum atomic E-state index is -4.47. The first-order valence-electron chi connectivity index (χ1n) is 8.85. The number of aryl methyl sites for hydroxylation is 3. The molecule has 2 heterocycles. The molecule has 3 rings (SSSR count). The van der Waals surface area contributed by atoms with Crippen LogP contribution in [0.15, 0.2) is 12.3 Å². The molecule has 6 nitrogen and oxygen atoms in total. The Morgan fingerprint density at radius 2 is 2.07 bits per heavy atom. The third-order valence-electron chi connectivity index (χ3n) is 4.42. The van der Waals surface area contributed by atoms with Gasteiger partial charge in [-0.1, -0.05) is 11.6 Å². The van der Waals surface area contributed by atoms with Crippen LogP contribution >= 0.6 is 11.6 Å². The van der Waals surface area contributed by atoms with Crippen molar-refractivity contribution < 1.29 is 18.0 Å². The average molecular weight is 404 g/mol. The van der Waals surface area contributed by atoms with E-state index in [1.807, 2.05) is 6.92 Å². The van der Waals surface area contributed by atoms with Crippen molar-refractivity contribution in [3.05, 3.63) is 34.4 Å². The Balaban J connectivity index is 1.44. The molecular formula is C17H21ClF3N5O. The van der Waals surface area contributed by atoms with E-state index in [0.717, 1.165) is 24.6 Å². The lowest BCUT2D eigenvalue weighted by atomic mass is 10.2. The molecule has 1 aliphatic carbocycles. The number of hydrogen-bond acceptors (Lipinski definition) is 3. The summed E-state index contributed by atoms with van der Waals surface area (Å²) in [5, 5.41) is 11.2. The van der Waals surface area contributed by atoms with Crippen LogP contribution in [0, 0.1) is 6.92 Å². The Bertz CT molecular complexity index is 791. The molecule has 0 aliphatic heterocycles. The van der Waals surface area contributed by atoms with E-state index in [4.69, 9.17) is 11.6 Å². The quantitative estimate of drug-likeness (QED) is 0.686. The number of aromatic nitrogens is 4. The molecule has 0 spiro atoms. The molecule has 148 valence electrons. The predicted molar refractivity (Wildman–Crippen MR) is 93.4 cm³/mol. The van der Waals surface area contributed by atoms with Crippen LogP contribution in [0.2, 0.25) is 5.02 Å². The van der Waals surface area contributed by atoms with Crippen LogP contribution in [0.25, 0.3) is 0 Å². The number of nitrogens with one attached hydrogen (secondary N) is 1. The molecule has 0 atom stereocenters. The first kappa shape index (κ1) is 19.7. The maximum atomic E-state index is 12.9. The zero-order valence-corrected chi connectivity index (χ0v) is 15.6. The molecular weight excluding hydrogens is 383 g/mol. The Hall–Kier alpha value is -2.03. The highest BCUT2D eigenvalue weighted by Gasteiger charge is 2.37. The number of nitrogens with zero attached hydrogens (tertiary/aromatic N) is 4. The number of carbonyl (C=O) groups excluding carboxylic acids is 1. The Morgan fingerprint density at radius 1 is 1.33 bits per heavy atom. The van der Waals surface area contributed by atoms with Crippen molar-refractivity contribution in [2.45, 2.75) is 57.8 Å². The maximum absolute atomic E-state index is 12.9. The highest BCUT2D eigenvalue weighted by Crippen LogP contribution is 2.42. The van der Waals surface area contributed by atoms with E-state index in [2.05, 4.69) is 15.5 Å². The first-order valence-corrected chi connectivity index (χ1v) is 9.23. The second kappa shape index (κ2) is 7.92. The largest absolute Gasteiger partial charge is 0.435 e. The van der Waals surface area contributed by atoms with Crippen LogP contribution < -0.4 is 5.32 Å². The van der Waals surface area contributed by atoms with Gasteiger partial charge in [0.25, 0.3) is 0 Å². The molecule has 0 unspecified atom stereocenters. The van der Waals surface area contributed by atoms with Crippen molar-refractivity contribution in [1.29, 1.82) is 0 Å². The summed E-state index contributed by atoms with van der Waals surface area (Å²) in [6.07, 6.45) is -0.237. The van der Waals surface area contributed by atoms with Crippen LogP contribution in [-0.2, 0) is 24.1 Å². The van der Waals surface area contributed by atoms with Gasteiger partial charge in [-0.2, -0.15) is 23.4 Å². The third-order valence-corrected chi connectivity index (χ3v) is 4.79. The van der Waals surface area contributed by atoms with Crippen LogP contribution in [-0.4, -0.2) is 32.0 Å². The van der Waals surface area contributed by atoms with E-state index in [9.17, 15) is 18.0 Å². The standard InChI is InChI=1S/C17H21ClF3N5O/c1-11-13(18)10-25(23-11)7-2-6-22-16(27)5-8-26-14(12-3-4-12)9-15(24-26)17(19,20)21/h9-10,12H,2-8H2,1H3,(H,22,27). The van der Waals surface area contributed by atoms with E-state index >= 15 is 0 Å². The molecule has 2 aromatic rings. The van der Waals surface area contributed by atoms with Crippen LogP contribution in [0.4, 0.5) is 13.2 Å². The summed E-state index contributed by atoms with van der Waals surface area (Å²) in [6.45, 7) is 3.03. The van der Waals surface area contributed by atoms with Crippen molar-refractivity contribution in [2.75, 3.05) is 6.54 Å². The zero-order chi connectivity index (χ0) is 19.6. The molecule has 2 aromatic heterocycles. The monoisotopic (exact) mass is 403 g/mol. The number of halogens is 4. The number of rotatable bonds is 8. The van der Waals surface area contributed by atoms with Gasteiger partial charge in [0.2, 0.25) is 5.91 Å². The lowest BCUT2D eigenvalue weighted by molar-refractivity contribution is -0.141. The summed E-state index contributed by atoms with van der Waals surface area (Å²) in [5.41, 5.74) is 0.434. The Kier molecular flexibility index (Phi) is 5.78. The summed E-state index contributed by atoms with van der Waals surface area (Å²) < 4.78 is 41.6. The number of amides is 1. The normalized spacial score (nSPS) is 14.6. The zero-order valence-electron chi connectivity index (χ0n) is 14.9. The van der Waals surface area contributed by atoms with Crippen molar-refractivity contribution in [1.82, 2.24) is 24.9 Å². The van der Waals surface area contributed by atoms with Gasteiger partial charge in [0, 0.05) is 43.9 Å². The predicted octanol–water partition coefficient (Wildman–Crippen LogP) is 3.53. The maximum Gasteiger partial charge on any atom is 0.435 e. The molecule has 1 amide bonds. The smallest absolute Gasteiger partial charge is 0.356 e. The van der Waals surface area contributed by atoms with Crippen molar-refractivity contribution >= 4 is 17.5 Å². The van der Waals surface area contributed by atoms with Crippen molar-refractivity contribution in [3.8, 4) is 0 Å². The number of alkyl halides is 3. The lowest BCUT2D eigenvalue weighted by Crippen LogP contribution is -2.26. The molecule has 1 N–H and O–H groups in total. The van der Waals surface area contributed by atoms with E-state index < -0.39 is 11.9 Å². The van der Waals surface area contributed by atoms with Gasteiger partial charge in [-0.3, -0.25) is 14.2 Å². The fourth-order valence-electron chi connectivity index (χ4n) is 2.83. The van der Waals surface area contributed by atoms with Gasteiger partial charge in [-0.25, -0.2) is 0 Å². The topological polar surface area (TPSA) is 64.7 Å². The van der Waals surface area contributed by atoms with E-state index in [0.29, 0.717) is 30.2 Å². The van der Waals surface area contributed by atoms with Crippen LogP contribution in [0.5, 0.6) is 0 Å². The highest BCUT2D eigenvalue weighted by molar-refractivity contribution is 6.31. The van der Waals surface area contributed by atoms with Crippen LogP contribution in [0.1, 0.15) is 48.7 Å². The van der Waals surface area contributed by atoms with E-state index in [1.54, 1.807) is 10.9 Å². The summed E-state index contributed by atoms with van der Waals surface area (Å²) >= 11 is 5.93. The molecule has 10 heteroatoms. The molecule has 27 heavy (non-hydrogen) atoms. The first-order chi connectivity index (χ1) is 12.7. The number of carbonyl (C=O) groups is 1. The fourth-order valence-corrected chi connectivity index (χ4v) is 2.98. The van der Waals surface area contributed by atoms with Gasteiger partial charge in [0.15, 0.2) is 5.69 Å². The van der Waals surface area contributed by atoms with Gasteiger partial charge in [-0.15, -0.1) is 0 Å². The van der Waals surface area contributed by atoms with E-state index in [-0.39, 0.29) is 24.8 Å². The fraction of sp³-hybridized carbons (Fsp3) is 0.588. The van der Waals surface area contributed by atoms with Gasteiger partial charge in [0.1, 0.15) is 0 Å². The second-order valence-electron chi connectivity index (χ2n) is 6.73. The molecule has 0 saturated heterocycles. The Morgan fingerprint density at radius 3 is 2.67 bits per heavy atom. The van der Waals surface area contributed by atoms with Crippen LogP contribution in [0.3, 0.4) is 0 Å². The minimum Gasteiger partial charge on any atom is -0.356 e. The van der Waals surface area contributed by atoms with Crippen molar-refractivity contribution in [2.24, 2.45) is 0 Å². The summed E-state index contributed by atoms with van der Waals surface area (Å²) in [5.74, 6) is -0.0866. The molecule has 1 aliphatic rings. The summed E-state index contributed by atoms with van der Waals surface area (Å²) in [6, 6.07) is 1.10. The minimum absolute atomic E-state index is 0.0887. The molecule has 0 radical (unpaired) electrons. The van der Waals surface area contributed by atoms with Gasteiger partial charge in [-0.05, 0) is 32.3 Å². The lowest BCUT2D eigenvalue weighted by Gasteiger charge is -2.08. The highest BCUT2D eigenvalue weighted by atomic mass is 35.5. The third kappa shape index (κ3) is 5.24. The summed E-state index contributed by atoms with van der Waals surface area (Å²) in [7, 11) is 0. The second-order valence-corrected chi connectivity index (χ2v) is 7.14. The van der Waals surface area contributed by atoms with Crippen molar-refractivity contribution in [3.63, 3.8) is 0 Å². The van der Waals surface area contributed by atoms with Gasteiger partial charge < -0.3 is 5.32 Å². The average Bonchev–Trinajstić information content (AvgIpc) is 3.25. The molecule has 0 aromatic carbocycles. The molecule has 0 bridgehead atoms. The summed E-state index contributed by atoms with van der Waals surface area (Å²) in [4.78, 5) is 12.0. The number of hydrogen-bond donors (Lipinski definition) is 1. The molecule has 1 saturated carbocycles. The van der Waals surface area contributed by atoms with Gasteiger partial charge in [0.05, 0.1) is 10.7 Å².